The molecule has 0 bridgehead atoms. The molecule has 4 nitrogen and oxygen atoms in total. The lowest BCUT2D eigenvalue weighted by Crippen LogP contribution is -2.37. The average molecular weight is 441 g/mol. The van der Waals surface area contributed by atoms with Crippen LogP contribution >= 0.6 is 11.6 Å². The summed E-state index contributed by atoms with van der Waals surface area (Å²) in [6, 6.07) is 19.0. The topological polar surface area (TPSA) is 41.9 Å². The van der Waals surface area contributed by atoms with Crippen molar-refractivity contribution in [2.24, 2.45) is 5.16 Å². The minimum absolute atomic E-state index is 0.0172. The summed E-state index contributed by atoms with van der Waals surface area (Å²) in [4.78, 5) is 20.1. The maximum absolute atomic E-state index is 14.3. The van der Waals surface area contributed by atoms with Crippen LogP contribution in [-0.2, 0) is 11.4 Å². The van der Waals surface area contributed by atoms with E-state index >= 15 is 0 Å². The number of rotatable bonds is 6. The van der Waals surface area contributed by atoms with E-state index in [-0.39, 0.29) is 18.7 Å². The van der Waals surface area contributed by atoms with E-state index in [0.717, 1.165) is 11.6 Å². The van der Waals surface area contributed by atoms with Gasteiger partial charge in [-0.2, -0.15) is 0 Å². The second-order valence-electron chi connectivity index (χ2n) is 7.24. The van der Waals surface area contributed by atoms with Gasteiger partial charge in [0.15, 0.2) is 6.10 Å². The van der Waals surface area contributed by atoms with Crippen LogP contribution in [-0.4, -0.2) is 29.2 Å². The average Bonchev–Trinajstić information content (AvgIpc) is 3.23. The lowest BCUT2D eigenvalue weighted by Gasteiger charge is -2.25. The van der Waals surface area contributed by atoms with Crippen molar-refractivity contribution in [3.8, 4) is 0 Å². The third-order valence-corrected chi connectivity index (χ3v) is 5.35. The number of nitrogens with zero attached hydrogens (tertiary/aromatic N) is 2. The van der Waals surface area contributed by atoms with Crippen molar-refractivity contribution in [1.29, 1.82) is 0 Å². The Bertz CT molecular complexity index is 1140. The quantitative estimate of drug-likeness (QED) is 0.511. The highest BCUT2D eigenvalue weighted by atomic mass is 35.5. The zero-order chi connectivity index (χ0) is 21.8. The maximum Gasteiger partial charge on any atom is 0.254 e. The molecule has 0 radical (unpaired) electrons. The third kappa shape index (κ3) is 4.91. The Hall–Kier alpha value is -3.25. The van der Waals surface area contributed by atoms with Crippen molar-refractivity contribution in [2.75, 3.05) is 6.54 Å². The molecule has 7 heteroatoms. The first-order chi connectivity index (χ1) is 15.0. The van der Waals surface area contributed by atoms with E-state index in [9.17, 15) is 13.6 Å². The summed E-state index contributed by atoms with van der Waals surface area (Å²) in [5.74, 6) is -1.35. The van der Waals surface area contributed by atoms with Gasteiger partial charge in [-0.25, -0.2) is 8.78 Å². The van der Waals surface area contributed by atoms with Crippen LogP contribution in [0.4, 0.5) is 8.78 Å². The van der Waals surface area contributed by atoms with Crippen molar-refractivity contribution in [1.82, 2.24) is 4.90 Å². The van der Waals surface area contributed by atoms with Crippen molar-refractivity contribution in [3.05, 3.63) is 106 Å². The zero-order valence-corrected chi connectivity index (χ0v) is 17.2. The van der Waals surface area contributed by atoms with Gasteiger partial charge in [0.05, 0.1) is 12.3 Å². The van der Waals surface area contributed by atoms with Gasteiger partial charge in [0, 0.05) is 34.7 Å². The molecular formula is C24H19ClF2N2O2. The largest absolute Gasteiger partial charge is 0.390 e. The number of benzene rings is 3. The Morgan fingerprint density at radius 3 is 2.61 bits per heavy atom. The molecule has 0 aliphatic carbocycles. The number of oxime groups is 1. The van der Waals surface area contributed by atoms with E-state index in [4.69, 9.17) is 16.4 Å². The molecule has 1 atom stereocenters. The van der Waals surface area contributed by atoms with E-state index in [1.54, 1.807) is 24.3 Å². The Balaban J connectivity index is 1.54. The molecule has 3 aromatic rings. The van der Waals surface area contributed by atoms with Gasteiger partial charge in [0.2, 0.25) is 0 Å². The standard InChI is InChI=1S/C24H19ClF2N2O2/c25-21-10-3-2-9-20(21)23-13-19(31-28-23)15-29(14-17-6-1-4-11-22(17)27)24(30)16-7-5-8-18(26)12-16/h1-12,19H,13-15H2. The van der Waals surface area contributed by atoms with Crippen LogP contribution in [0.25, 0.3) is 0 Å². The van der Waals surface area contributed by atoms with Crippen molar-refractivity contribution in [3.63, 3.8) is 0 Å². The van der Waals surface area contributed by atoms with Crippen molar-refractivity contribution in [2.45, 2.75) is 19.1 Å². The fourth-order valence-corrected chi connectivity index (χ4v) is 3.73. The highest BCUT2D eigenvalue weighted by Crippen LogP contribution is 2.24. The van der Waals surface area contributed by atoms with Crippen molar-refractivity contribution < 1.29 is 18.4 Å². The predicted molar refractivity (Wildman–Crippen MR) is 115 cm³/mol. The summed E-state index contributed by atoms with van der Waals surface area (Å²) in [6.45, 7) is 0.171. The molecule has 1 aliphatic heterocycles. The van der Waals surface area contributed by atoms with Gasteiger partial charge >= 0.3 is 0 Å². The van der Waals surface area contributed by atoms with Gasteiger partial charge in [-0.05, 0) is 30.3 Å². The molecule has 3 aromatic carbocycles. The van der Waals surface area contributed by atoms with E-state index in [0.29, 0.717) is 22.7 Å². The Kier molecular flexibility index (Phi) is 6.28. The monoisotopic (exact) mass is 440 g/mol. The number of halogens is 3. The number of hydrogen-bond acceptors (Lipinski definition) is 3. The van der Waals surface area contributed by atoms with Gasteiger partial charge in [-0.1, -0.05) is 59.2 Å². The number of carbonyl (C=O) groups excluding carboxylic acids is 1. The molecule has 0 N–H and O–H groups in total. The van der Waals surface area contributed by atoms with Gasteiger partial charge in [0.25, 0.3) is 5.91 Å². The fourth-order valence-electron chi connectivity index (χ4n) is 3.48. The van der Waals surface area contributed by atoms with Crippen LogP contribution in [0.15, 0.2) is 78.0 Å². The first-order valence-corrected chi connectivity index (χ1v) is 10.1. The SMILES string of the molecule is O=C(c1cccc(F)c1)N(Cc1ccccc1F)CC1CC(c2ccccc2Cl)=NO1. The lowest BCUT2D eigenvalue weighted by atomic mass is 10.0. The number of hydrogen-bond donors (Lipinski definition) is 0. The Labute approximate surface area is 183 Å². The van der Waals surface area contributed by atoms with E-state index in [1.165, 1.54) is 29.2 Å². The van der Waals surface area contributed by atoms with Crippen LogP contribution in [0.3, 0.4) is 0 Å². The first kappa shape index (κ1) is 21.0. The second kappa shape index (κ2) is 9.27. The van der Waals surface area contributed by atoms with Crippen LogP contribution in [0.1, 0.15) is 27.9 Å². The van der Waals surface area contributed by atoms with Crippen LogP contribution in [0.5, 0.6) is 0 Å². The number of amides is 1. The molecule has 0 fully saturated rings. The molecule has 0 saturated carbocycles. The summed E-state index contributed by atoms with van der Waals surface area (Å²) >= 11 is 6.25. The fraction of sp³-hybridized carbons (Fsp3) is 0.167. The molecule has 4 rings (SSSR count). The highest BCUT2D eigenvalue weighted by Gasteiger charge is 2.28. The number of carbonyl (C=O) groups is 1. The summed E-state index contributed by atoms with van der Waals surface area (Å²) in [5, 5.41) is 4.69. The predicted octanol–water partition coefficient (Wildman–Crippen LogP) is 5.45. The smallest absolute Gasteiger partial charge is 0.254 e. The molecule has 1 heterocycles. The normalized spacial score (nSPS) is 15.3. The van der Waals surface area contributed by atoms with E-state index in [1.807, 2.05) is 18.2 Å². The molecular weight excluding hydrogens is 422 g/mol. The minimum atomic E-state index is -0.516. The zero-order valence-electron chi connectivity index (χ0n) is 16.5. The molecule has 0 aromatic heterocycles. The van der Waals surface area contributed by atoms with E-state index < -0.39 is 23.6 Å². The molecule has 31 heavy (non-hydrogen) atoms. The summed E-state index contributed by atoms with van der Waals surface area (Å²) in [6.07, 6.45) is 0.00376. The molecule has 1 amide bonds. The van der Waals surface area contributed by atoms with E-state index in [2.05, 4.69) is 5.16 Å². The van der Waals surface area contributed by atoms with Gasteiger partial charge in [0.1, 0.15) is 11.6 Å². The van der Waals surface area contributed by atoms with Gasteiger partial charge < -0.3 is 9.74 Å². The second-order valence-corrected chi connectivity index (χ2v) is 7.64. The van der Waals surface area contributed by atoms with Crippen LogP contribution in [0, 0.1) is 11.6 Å². The summed E-state index contributed by atoms with van der Waals surface area (Å²) in [7, 11) is 0. The van der Waals surface area contributed by atoms with Crippen LogP contribution in [0.2, 0.25) is 5.02 Å². The highest BCUT2D eigenvalue weighted by molar-refractivity contribution is 6.34. The first-order valence-electron chi connectivity index (χ1n) is 9.77. The molecule has 158 valence electrons. The minimum Gasteiger partial charge on any atom is -0.390 e. The third-order valence-electron chi connectivity index (χ3n) is 5.02. The summed E-state index contributed by atoms with van der Waals surface area (Å²) in [5.41, 5.74) is 1.99. The molecule has 0 saturated heterocycles. The maximum atomic E-state index is 14.3. The Morgan fingerprint density at radius 1 is 1.06 bits per heavy atom. The van der Waals surface area contributed by atoms with Crippen LogP contribution < -0.4 is 0 Å². The van der Waals surface area contributed by atoms with Crippen molar-refractivity contribution >= 4 is 23.2 Å². The van der Waals surface area contributed by atoms with Gasteiger partial charge in [-0.3, -0.25) is 4.79 Å². The summed E-state index contributed by atoms with van der Waals surface area (Å²) < 4.78 is 27.9. The lowest BCUT2D eigenvalue weighted by molar-refractivity contribution is 0.0402. The molecule has 0 spiro atoms. The molecule has 1 aliphatic rings. The van der Waals surface area contributed by atoms with Gasteiger partial charge in [-0.15, -0.1) is 0 Å². The Morgan fingerprint density at radius 2 is 1.84 bits per heavy atom. The molecule has 1 unspecified atom stereocenters.